The molecule has 0 atom stereocenters. The lowest BCUT2D eigenvalue weighted by Gasteiger charge is -2.13. The molecule has 0 N–H and O–H groups in total. The number of hydrogen-bond acceptors (Lipinski definition) is 7. The summed E-state index contributed by atoms with van der Waals surface area (Å²) in [5, 5.41) is 24.5. The average Bonchev–Trinajstić information content (AvgIpc) is 3.02. The van der Waals surface area contributed by atoms with Gasteiger partial charge in [0.25, 0.3) is 6.54 Å². The second-order valence-electron chi connectivity index (χ2n) is 7.53. The van der Waals surface area contributed by atoms with E-state index in [1.807, 2.05) is 0 Å². The number of alkyl halides is 3. The molecule has 44 heavy (non-hydrogen) atoms. The van der Waals surface area contributed by atoms with Crippen LogP contribution in [0.5, 0.6) is 0 Å². The van der Waals surface area contributed by atoms with Gasteiger partial charge >= 0.3 is 0 Å². The SMILES string of the molecule is CCN(CC)CC.ClC(Cl)Cl.N#CC(C#N)=Cc1ccncc1.O=Cc1ccncc1.[B]B([B])B([B])B([B])[B].[C-]#[N+]CC#N. The van der Waals surface area contributed by atoms with Crippen LogP contribution in [-0.2, 0) is 0 Å². The summed E-state index contributed by atoms with van der Waals surface area (Å²) in [6.07, 6.45) is 6.92. The molecule has 19 heteroatoms. The van der Waals surface area contributed by atoms with Gasteiger partial charge in [-0.2, -0.15) is 15.8 Å². The van der Waals surface area contributed by atoms with Crippen molar-refractivity contribution in [3.8, 4) is 18.2 Å². The minimum absolute atomic E-state index is 0.0139. The molecule has 0 amide bonds. The molecule has 2 aromatic rings. The molecule has 0 aliphatic carbocycles. The Morgan fingerprint density at radius 1 is 0.886 bits per heavy atom. The molecule has 0 aliphatic rings. The Balaban J connectivity index is -0.000000226. The molecule has 10 radical (unpaired) electrons. The van der Waals surface area contributed by atoms with Crippen molar-refractivity contribution in [1.82, 2.24) is 14.9 Å². The molecule has 0 fully saturated rings. The zero-order valence-corrected chi connectivity index (χ0v) is 27.2. The first-order valence-electron chi connectivity index (χ1n) is 12.7. The number of carbonyl (C=O) groups excluding carboxylic acids is 1. The molecular formula is C25H28B8Cl3N7O. The van der Waals surface area contributed by atoms with Crippen LogP contribution in [0.15, 0.2) is 54.6 Å². The highest BCUT2D eigenvalue weighted by Crippen LogP contribution is 2.04. The molecule has 0 spiro atoms. The molecule has 0 bridgehead atoms. The van der Waals surface area contributed by atoms with Crippen LogP contribution in [-0.4, -0.2) is 109 Å². The predicted octanol–water partition coefficient (Wildman–Crippen LogP) is 3.12. The molecular weight excluding hydrogens is 607 g/mol. The largest absolute Gasteiger partial charge is 0.304 e. The van der Waals surface area contributed by atoms with Gasteiger partial charge in [0.1, 0.15) is 30.1 Å². The molecule has 0 unspecified atom stereocenters. The zero-order chi connectivity index (χ0) is 34.8. The van der Waals surface area contributed by atoms with Crippen molar-refractivity contribution in [3.63, 3.8) is 0 Å². The van der Waals surface area contributed by atoms with E-state index >= 15 is 0 Å². The Hall–Kier alpha value is -2.98. The maximum absolute atomic E-state index is 9.98. The summed E-state index contributed by atoms with van der Waals surface area (Å²) in [7, 11) is 25.8. The second-order valence-corrected chi connectivity index (χ2v) is 9.51. The van der Waals surface area contributed by atoms with E-state index in [0.29, 0.717) is 5.56 Å². The van der Waals surface area contributed by atoms with Crippen molar-refractivity contribution in [3.05, 3.63) is 77.2 Å². The Bertz CT molecular complexity index is 1110. The predicted molar refractivity (Wildman–Crippen MR) is 191 cm³/mol. The van der Waals surface area contributed by atoms with E-state index in [0.717, 1.165) is 11.8 Å². The molecule has 214 valence electrons. The minimum atomic E-state index is -0.750. The third-order valence-corrected chi connectivity index (χ3v) is 4.48. The first-order chi connectivity index (χ1) is 20.8. The van der Waals surface area contributed by atoms with Crippen molar-refractivity contribution in [1.29, 1.82) is 15.8 Å². The molecule has 0 saturated carbocycles. The highest BCUT2D eigenvalue weighted by Gasteiger charge is 2.14. The molecule has 2 rings (SSSR count). The van der Waals surface area contributed by atoms with Gasteiger partial charge in [-0.3, -0.25) is 14.8 Å². The van der Waals surface area contributed by atoms with Gasteiger partial charge in [0.15, 0.2) is 4.30 Å². The second kappa shape index (κ2) is 36.2. The monoisotopic (exact) mass is 635 g/mol. The van der Waals surface area contributed by atoms with E-state index in [1.54, 1.807) is 67.3 Å². The molecule has 2 heterocycles. The van der Waals surface area contributed by atoms with Crippen LogP contribution < -0.4 is 0 Å². The van der Waals surface area contributed by atoms with Crippen molar-refractivity contribution >= 4 is 105 Å². The minimum Gasteiger partial charge on any atom is -0.304 e. The third-order valence-electron chi connectivity index (χ3n) is 4.48. The summed E-state index contributed by atoms with van der Waals surface area (Å²) in [6.45, 7) is 16.1. The Kier molecular flexibility index (Phi) is 39.5. The van der Waals surface area contributed by atoms with Crippen LogP contribution in [0.3, 0.4) is 0 Å². The van der Waals surface area contributed by atoms with E-state index in [4.69, 9.17) is 95.8 Å². The number of aldehydes is 1. The fraction of sp³-hybridized carbons (Fsp3) is 0.320. The summed E-state index contributed by atoms with van der Waals surface area (Å²) in [4.78, 5) is 22.6. The highest BCUT2D eigenvalue weighted by molar-refractivity contribution is 7.89. The van der Waals surface area contributed by atoms with Crippen LogP contribution in [0.1, 0.15) is 36.7 Å². The number of carbonyl (C=O) groups is 1. The van der Waals surface area contributed by atoms with Gasteiger partial charge in [0.05, 0.1) is 0 Å². The highest BCUT2D eigenvalue weighted by atomic mass is 35.6. The van der Waals surface area contributed by atoms with E-state index in [2.05, 4.69) is 40.5 Å². The van der Waals surface area contributed by atoms with E-state index in [9.17, 15) is 4.79 Å². The normalized spacial score (nSPS) is 8.09. The number of rotatable bonds is 7. The van der Waals surface area contributed by atoms with E-state index in [-0.39, 0.29) is 12.1 Å². The van der Waals surface area contributed by atoms with Crippen LogP contribution in [0, 0.1) is 40.6 Å². The number of allylic oxidation sites excluding steroid dienone is 1. The van der Waals surface area contributed by atoms with Crippen LogP contribution in [0.4, 0.5) is 0 Å². The van der Waals surface area contributed by atoms with E-state index in [1.165, 1.54) is 25.7 Å². The van der Waals surface area contributed by atoms with Gasteiger partial charge in [-0.25, -0.2) is 6.57 Å². The number of hydrogen-bond donors (Lipinski definition) is 0. The summed E-state index contributed by atoms with van der Waals surface area (Å²) >= 11 is 14.4. The number of halogens is 3. The third kappa shape index (κ3) is 37.0. The topological polar surface area (TPSA) is 122 Å². The van der Waals surface area contributed by atoms with Crippen LogP contribution in [0.25, 0.3) is 10.9 Å². The number of nitrogens with zero attached hydrogens (tertiary/aromatic N) is 7. The Morgan fingerprint density at radius 3 is 1.41 bits per heavy atom. The number of aromatic nitrogens is 2. The van der Waals surface area contributed by atoms with Gasteiger partial charge in [-0.05, 0) is 55.5 Å². The summed E-state index contributed by atoms with van der Waals surface area (Å²) in [5.41, 5.74) is 1.57. The fourth-order valence-electron chi connectivity index (χ4n) is 2.12. The molecule has 8 nitrogen and oxygen atoms in total. The lowest BCUT2D eigenvalue weighted by molar-refractivity contribution is 0.112. The summed E-state index contributed by atoms with van der Waals surface area (Å²) in [6, 6.07) is 12.0. The maximum Gasteiger partial charge on any atom is 0.298 e. The lowest BCUT2D eigenvalue weighted by Crippen LogP contribution is -2.52. The molecule has 0 aromatic carbocycles. The standard InChI is InChI=1S/C9H5N3.C6H5NO.C6H15N.C3H2N2.CHCl3.B8/c10-6-9(7-11)5-8-1-3-12-4-2-8;8-5-6-1-3-7-4-2-6;1-4-7(5-2)6-3;1-5-3-2-4;2-1(3)4;1-6(2)8(5)7(3)4/h1-5H;1-5H;4-6H2,1-3H3;3H2;1H;. The van der Waals surface area contributed by atoms with Gasteiger partial charge in [0.2, 0.25) is 0 Å². The molecule has 0 saturated heterocycles. The first-order valence-corrected chi connectivity index (χ1v) is 14.1. The van der Waals surface area contributed by atoms with Gasteiger partial charge in [-0.15, -0.1) is 0 Å². The first kappa shape index (κ1) is 47.9. The quantitative estimate of drug-likeness (QED) is 0.115. The average molecular weight is 635 g/mol. The number of pyridine rings is 2. The van der Waals surface area contributed by atoms with Crippen molar-refractivity contribution in [2.45, 2.75) is 25.1 Å². The Morgan fingerprint density at radius 2 is 1.25 bits per heavy atom. The van der Waals surface area contributed by atoms with Gasteiger partial charge < -0.3 is 9.74 Å². The molecule has 0 aliphatic heterocycles. The van der Waals surface area contributed by atoms with Gasteiger partial charge in [-0.1, -0.05) is 55.6 Å². The van der Waals surface area contributed by atoms with Crippen molar-refractivity contribution < 1.29 is 4.79 Å². The van der Waals surface area contributed by atoms with Crippen LogP contribution >= 0.6 is 34.8 Å². The fourth-order valence-corrected chi connectivity index (χ4v) is 2.12. The smallest absolute Gasteiger partial charge is 0.298 e. The maximum atomic E-state index is 9.98. The Labute approximate surface area is 285 Å². The van der Waals surface area contributed by atoms with Crippen LogP contribution in [0.2, 0.25) is 0 Å². The summed E-state index contributed by atoms with van der Waals surface area (Å²) in [5.74, 6) is 0. The lowest BCUT2D eigenvalue weighted by atomic mass is 8.68. The zero-order valence-electron chi connectivity index (χ0n) is 25.0. The molecule has 2 aromatic heterocycles. The summed E-state index contributed by atoms with van der Waals surface area (Å²) < 4.78 is -0.750. The number of nitriles is 3. The van der Waals surface area contributed by atoms with E-state index < -0.39 is 23.5 Å². The van der Waals surface area contributed by atoms with Gasteiger partial charge in [0, 0.05) is 88.2 Å². The van der Waals surface area contributed by atoms with Crippen molar-refractivity contribution in [2.24, 2.45) is 0 Å². The van der Waals surface area contributed by atoms with Crippen molar-refractivity contribution in [2.75, 3.05) is 26.2 Å².